The predicted octanol–water partition coefficient (Wildman–Crippen LogP) is 2.49. The second kappa shape index (κ2) is 10.5. The van der Waals surface area contributed by atoms with E-state index in [9.17, 15) is 22.7 Å². The highest BCUT2D eigenvalue weighted by Gasteiger charge is 2.32. The van der Waals surface area contributed by atoms with Crippen LogP contribution in [-0.2, 0) is 14.8 Å². The van der Waals surface area contributed by atoms with Crippen LogP contribution in [0.15, 0.2) is 53.4 Å². The van der Waals surface area contributed by atoms with Crippen LogP contribution in [0.5, 0.6) is 0 Å². The summed E-state index contributed by atoms with van der Waals surface area (Å²) >= 11 is 5.78. The van der Waals surface area contributed by atoms with Crippen LogP contribution in [0, 0.1) is 5.82 Å². The standard InChI is InChI=1S/C21H24ClFN2O5S/c22-15-4-7-18(8-5-15)31(28,29)24-11-10-17-6-9-19(20(13-26)30-17)25-21(27)14-2-1-3-16(23)12-14/h1-5,7-8,12,17,19-20,24,26H,6,9-11,13H2,(H,25,27)/t17-,19+,20-/m1/s1. The first-order chi connectivity index (χ1) is 14.8. The molecule has 31 heavy (non-hydrogen) atoms. The average molecular weight is 471 g/mol. The van der Waals surface area contributed by atoms with Crippen molar-refractivity contribution < 1.29 is 27.4 Å². The van der Waals surface area contributed by atoms with E-state index in [1.54, 1.807) is 0 Å². The van der Waals surface area contributed by atoms with Crippen LogP contribution in [0.1, 0.15) is 29.6 Å². The molecule has 1 aliphatic heterocycles. The third-order valence-electron chi connectivity index (χ3n) is 5.08. The smallest absolute Gasteiger partial charge is 0.251 e. The maximum atomic E-state index is 13.3. The SMILES string of the molecule is O=C(N[C@H]1CC[C@H](CCNS(=O)(=O)c2ccc(Cl)cc2)O[C@@H]1CO)c1cccc(F)c1. The molecule has 0 radical (unpaired) electrons. The van der Waals surface area contributed by atoms with Gasteiger partial charge in [-0.05, 0) is 61.7 Å². The maximum absolute atomic E-state index is 13.3. The quantitative estimate of drug-likeness (QED) is 0.549. The lowest BCUT2D eigenvalue weighted by Gasteiger charge is -2.36. The first-order valence-electron chi connectivity index (χ1n) is 9.86. The van der Waals surface area contributed by atoms with Gasteiger partial charge in [0.15, 0.2) is 0 Å². The Morgan fingerprint density at radius 1 is 1.19 bits per heavy atom. The average Bonchev–Trinajstić information content (AvgIpc) is 2.74. The van der Waals surface area contributed by atoms with E-state index in [0.717, 1.165) is 6.07 Å². The van der Waals surface area contributed by atoms with Gasteiger partial charge in [-0.15, -0.1) is 0 Å². The molecule has 0 aliphatic carbocycles. The van der Waals surface area contributed by atoms with Crippen molar-refractivity contribution in [1.29, 1.82) is 0 Å². The van der Waals surface area contributed by atoms with Crippen LogP contribution in [0.4, 0.5) is 4.39 Å². The largest absolute Gasteiger partial charge is 0.394 e. The van der Waals surface area contributed by atoms with Crippen molar-refractivity contribution >= 4 is 27.5 Å². The van der Waals surface area contributed by atoms with Gasteiger partial charge >= 0.3 is 0 Å². The number of rotatable bonds is 8. The van der Waals surface area contributed by atoms with Crippen LogP contribution in [0.3, 0.4) is 0 Å². The number of halogens is 2. The van der Waals surface area contributed by atoms with Gasteiger partial charge in [-0.3, -0.25) is 4.79 Å². The fraction of sp³-hybridized carbons (Fsp3) is 0.381. The summed E-state index contributed by atoms with van der Waals surface area (Å²) in [7, 11) is -3.66. The molecule has 3 rings (SSSR count). The number of nitrogens with one attached hydrogen (secondary N) is 2. The van der Waals surface area contributed by atoms with E-state index >= 15 is 0 Å². The van der Waals surface area contributed by atoms with Gasteiger partial charge in [-0.2, -0.15) is 0 Å². The lowest BCUT2D eigenvalue weighted by molar-refractivity contribution is -0.0891. The van der Waals surface area contributed by atoms with Gasteiger partial charge in [0, 0.05) is 17.1 Å². The van der Waals surface area contributed by atoms with E-state index in [-0.39, 0.29) is 29.7 Å². The van der Waals surface area contributed by atoms with Crippen LogP contribution in [0.2, 0.25) is 5.02 Å². The summed E-state index contributed by atoms with van der Waals surface area (Å²) in [5.74, 6) is -0.951. The number of hydrogen-bond acceptors (Lipinski definition) is 5. The summed E-state index contributed by atoms with van der Waals surface area (Å²) < 4.78 is 46.4. The zero-order valence-corrected chi connectivity index (χ0v) is 18.2. The lowest BCUT2D eigenvalue weighted by atomic mass is 9.97. The molecule has 3 N–H and O–H groups in total. The number of benzene rings is 2. The van der Waals surface area contributed by atoms with Crippen molar-refractivity contribution in [2.75, 3.05) is 13.2 Å². The number of sulfonamides is 1. The lowest BCUT2D eigenvalue weighted by Crippen LogP contribution is -2.51. The first kappa shape index (κ1) is 23.6. The van der Waals surface area contributed by atoms with Crippen molar-refractivity contribution in [2.45, 2.75) is 42.4 Å². The van der Waals surface area contributed by atoms with E-state index < -0.39 is 33.9 Å². The molecule has 0 bridgehead atoms. The molecule has 2 aromatic rings. The Kier molecular flexibility index (Phi) is 8.01. The highest BCUT2D eigenvalue weighted by molar-refractivity contribution is 7.89. The molecule has 2 aromatic carbocycles. The molecule has 1 amide bonds. The van der Waals surface area contributed by atoms with E-state index in [1.807, 2.05) is 0 Å². The third-order valence-corrected chi connectivity index (χ3v) is 6.81. The molecular weight excluding hydrogens is 447 g/mol. The number of aliphatic hydroxyl groups excluding tert-OH is 1. The Hall–Kier alpha value is -2.04. The van der Waals surface area contributed by atoms with Crippen molar-refractivity contribution in [3.8, 4) is 0 Å². The molecule has 3 atom stereocenters. The van der Waals surface area contributed by atoms with Gasteiger partial charge in [-0.1, -0.05) is 17.7 Å². The van der Waals surface area contributed by atoms with E-state index in [1.165, 1.54) is 42.5 Å². The second-order valence-corrected chi connectivity index (χ2v) is 9.49. The summed E-state index contributed by atoms with van der Waals surface area (Å²) in [6.07, 6.45) is 0.624. The summed E-state index contributed by atoms with van der Waals surface area (Å²) in [6, 6.07) is 10.8. The maximum Gasteiger partial charge on any atom is 0.251 e. The molecule has 10 heteroatoms. The van der Waals surface area contributed by atoms with Crippen LogP contribution < -0.4 is 10.0 Å². The Morgan fingerprint density at radius 3 is 2.61 bits per heavy atom. The molecular formula is C21H24ClFN2O5S. The highest BCUT2D eigenvalue weighted by atomic mass is 35.5. The Balaban J connectivity index is 1.50. The van der Waals surface area contributed by atoms with Crippen LogP contribution in [-0.4, -0.2) is 50.8 Å². The van der Waals surface area contributed by atoms with Gasteiger partial charge in [0.2, 0.25) is 10.0 Å². The summed E-state index contributed by atoms with van der Waals surface area (Å²) in [5, 5.41) is 12.9. The number of hydrogen-bond donors (Lipinski definition) is 3. The van der Waals surface area contributed by atoms with Gasteiger partial charge in [0.25, 0.3) is 5.91 Å². The normalized spacial score (nSPS) is 21.6. The Labute approximate surface area is 185 Å². The first-order valence-corrected chi connectivity index (χ1v) is 11.7. The topological polar surface area (TPSA) is 105 Å². The molecule has 1 heterocycles. The van der Waals surface area contributed by atoms with Crippen molar-refractivity contribution in [3.63, 3.8) is 0 Å². The van der Waals surface area contributed by atoms with E-state index in [2.05, 4.69) is 10.0 Å². The molecule has 0 saturated carbocycles. The number of carbonyl (C=O) groups excluding carboxylic acids is 1. The summed E-state index contributed by atoms with van der Waals surface area (Å²) in [5.41, 5.74) is 0.190. The number of amides is 1. The minimum atomic E-state index is -3.66. The number of ether oxygens (including phenoxy) is 1. The van der Waals surface area contributed by atoms with Crippen molar-refractivity contribution in [2.24, 2.45) is 0 Å². The zero-order valence-electron chi connectivity index (χ0n) is 16.6. The molecule has 0 unspecified atom stereocenters. The molecule has 168 valence electrons. The predicted molar refractivity (Wildman–Crippen MR) is 114 cm³/mol. The molecule has 7 nitrogen and oxygen atoms in total. The molecule has 0 spiro atoms. The van der Waals surface area contributed by atoms with Gasteiger partial charge in [-0.25, -0.2) is 17.5 Å². The monoisotopic (exact) mass is 470 g/mol. The fourth-order valence-corrected chi connectivity index (χ4v) is 4.62. The van der Waals surface area contributed by atoms with E-state index in [0.29, 0.717) is 24.3 Å². The number of carbonyl (C=O) groups is 1. The van der Waals surface area contributed by atoms with Crippen LogP contribution >= 0.6 is 11.6 Å². The third kappa shape index (κ3) is 6.47. The van der Waals surface area contributed by atoms with Gasteiger partial charge in [0.05, 0.1) is 23.6 Å². The highest BCUT2D eigenvalue weighted by Crippen LogP contribution is 2.22. The van der Waals surface area contributed by atoms with Gasteiger partial charge in [0.1, 0.15) is 11.9 Å². The number of aliphatic hydroxyl groups is 1. The summed E-state index contributed by atoms with van der Waals surface area (Å²) in [4.78, 5) is 12.5. The minimum absolute atomic E-state index is 0.120. The zero-order chi connectivity index (χ0) is 22.4. The van der Waals surface area contributed by atoms with Gasteiger partial charge < -0.3 is 15.2 Å². The van der Waals surface area contributed by atoms with Crippen LogP contribution in [0.25, 0.3) is 0 Å². The fourth-order valence-electron chi connectivity index (χ4n) is 3.44. The Morgan fingerprint density at radius 2 is 1.94 bits per heavy atom. The molecule has 1 fully saturated rings. The molecule has 1 saturated heterocycles. The van der Waals surface area contributed by atoms with Crippen molar-refractivity contribution in [1.82, 2.24) is 10.0 Å². The minimum Gasteiger partial charge on any atom is -0.394 e. The molecule has 1 aliphatic rings. The molecule has 0 aromatic heterocycles. The van der Waals surface area contributed by atoms with Crippen molar-refractivity contribution in [3.05, 3.63) is 64.9 Å². The second-order valence-electron chi connectivity index (χ2n) is 7.29. The van der Waals surface area contributed by atoms with E-state index in [4.69, 9.17) is 16.3 Å². The summed E-state index contributed by atoms with van der Waals surface area (Å²) in [6.45, 7) is -0.144. The Bertz CT molecular complexity index is 1000.